The summed E-state index contributed by atoms with van der Waals surface area (Å²) in [6.45, 7) is 7.51. The minimum absolute atomic E-state index is 0.202. The van der Waals surface area contributed by atoms with E-state index in [4.69, 9.17) is 0 Å². The van der Waals surface area contributed by atoms with Crippen LogP contribution in [0.4, 0.5) is 0 Å². The van der Waals surface area contributed by atoms with E-state index in [1.165, 1.54) is 18.4 Å². The molecule has 2 rings (SSSR count). The van der Waals surface area contributed by atoms with Gasteiger partial charge in [0.1, 0.15) is 0 Å². The first-order valence-electron chi connectivity index (χ1n) is 8.49. The lowest BCUT2D eigenvalue weighted by atomic mass is 9.70. The molecular weight excluding hydrogens is 338 g/mol. The predicted octanol–water partition coefficient (Wildman–Crippen LogP) is 4.82. The van der Waals surface area contributed by atoms with Gasteiger partial charge in [-0.05, 0) is 54.7 Å². The first-order chi connectivity index (χ1) is 10.5. The lowest BCUT2D eigenvalue weighted by Crippen LogP contribution is -2.40. The first-order valence-corrected chi connectivity index (χ1v) is 9.28. The maximum atomic E-state index is 12.6. The average Bonchev–Trinajstić information content (AvgIpc) is 2.48. The third kappa shape index (κ3) is 4.84. The number of carbonyl (C=O) groups excluding carboxylic acids is 1. The zero-order chi connectivity index (χ0) is 16.1. The molecule has 0 heterocycles. The van der Waals surface area contributed by atoms with Gasteiger partial charge in [0.05, 0.1) is 0 Å². The summed E-state index contributed by atoms with van der Waals surface area (Å²) in [7, 11) is 0. The zero-order valence-electron chi connectivity index (χ0n) is 13.9. The van der Waals surface area contributed by atoms with E-state index in [-0.39, 0.29) is 11.8 Å². The van der Waals surface area contributed by atoms with Gasteiger partial charge in [0, 0.05) is 16.9 Å². The van der Waals surface area contributed by atoms with Gasteiger partial charge in [-0.1, -0.05) is 55.3 Å². The van der Waals surface area contributed by atoms with Crippen molar-refractivity contribution in [1.29, 1.82) is 0 Å². The topological polar surface area (TPSA) is 29.1 Å². The fourth-order valence-electron chi connectivity index (χ4n) is 3.62. The average molecular weight is 366 g/mol. The number of hydrogen-bond donors (Lipinski definition) is 1. The van der Waals surface area contributed by atoms with E-state index in [0.29, 0.717) is 17.8 Å². The second-order valence-corrected chi connectivity index (χ2v) is 8.02. The number of amides is 1. The Kier molecular flexibility index (Phi) is 6.49. The van der Waals surface area contributed by atoms with E-state index in [0.717, 1.165) is 23.9 Å². The molecule has 0 unspecified atom stereocenters. The number of benzene rings is 1. The Morgan fingerprint density at radius 2 is 1.95 bits per heavy atom. The van der Waals surface area contributed by atoms with Crippen molar-refractivity contribution in [3.05, 3.63) is 34.3 Å². The van der Waals surface area contributed by atoms with Gasteiger partial charge in [-0.25, -0.2) is 0 Å². The number of halogens is 1. The Morgan fingerprint density at radius 1 is 1.27 bits per heavy atom. The maximum Gasteiger partial charge on any atom is 0.223 e. The summed E-state index contributed by atoms with van der Waals surface area (Å²) >= 11 is 3.44. The van der Waals surface area contributed by atoms with Crippen molar-refractivity contribution in [3.8, 4) is 0 Å². The van der Waals surface area contributed by atoms with Gasteiger partial charge in [0.2, 0.25) is 5.91 Å². The van der Waals surface area contributed by atoms with Gasteiger partial charge in [-0.2, -0.15) is 0 Å². The Hall–Kier alpha value is -0.830. The van der Waals surface area contributed by atoms with Crippen LogP contribution in [-0.2, 0) is 11.2 Å². The summed E-state index contributed by atoms with van der Waals surface area (Å²) < 4.78 is 1.09. The minimum Gasteiger partial charge on any atom is -0.356 e. The fraction of sp³-hybridized carbons (Fsp3) is 0.632. The molecule has 1 aromatic carbocycles. The Morgan fingerprint density at radius 3 is 2.59 bits per heavy atom. The van der Waals surface area contributed by atoms with E-state index >= 15 is 0 Å². The maximum absolute atomic E-state index is 12.6. The van der Waals surface area contributed by atoms with Crippen LogP contribution in [0.5, 0.6) is 0 Å². The molecule has 1 saturated carbocycles. The van der Waals surface area contributed by atoms with Gasteiger partial charge in [0.15, 0.2) is 0 Å². The molecule has 122 valence electrons. The van der Waals surface area contributed by atoms with Crippen LogP contribution in [0.3, 0.4) is 0 Å². The normalized spacial score (nSPS) is 25.2. The van der Waals surface area contributed by atoms with Crippen molar-refractivity contribution in [3.63, 3.8) is 0 Å². The molecule has 0 saturated heterocycles. The molecule has 0 radical (unpaired) electrons. The van der Waals surface area contributed by atoms with Crippen LogP contribution >= 0.6 is 15.9 Å². The Balaban J connectivity index is 1.85. The Labute approximate surface area is 143 Å². The van der Waals surface area contributed by atoms with Gasteiger partial charge in [-0.3, -0.25) is 4.79 Å². The van der Waals surface area contributed by atoms with E-state index in [9.17, 15) is 4.79 Å². The third-order valence-corrected chi connectivity index (χ3v) is 5.51. The molecule has 1 amide bonds. The van der Waals surface area contributed by atoms with Crippen LogP contribution < -0.4 is 5.32 Å². The van der Waals surface area contributed by atoms with Crippen molar-refractivity contribution in [2.45, 2.75) is 46.5 Å². The molecule has 1 aromatic rings. The van der Waals surface area contributed by atoms with E-state index < -0.39 is 0 Å². The smallest absolute Gasteiger partial charge is 0.223 e. The van der Waals surface area contributed by atoms with Crippen LogP contribution in [-0.4, -0.2) is 12.5 Å². The molecule has 0 aliphatic heterocycles. The number of carbonyl (C=O) groups is 1. The highest BCUT2D eigenvalue weighted by Crippen LogP contribution is 2.38. The number of hydrogen-bond acceptors (Lipinski definition) is 1. The van der Waals surface area contributed by atoms with E-state index in [1.54, 1.807) is 0 Å². The molecule has 0 aromatic heterocycles. The molecule has 2 nitrogen and oxygen atoms in total. The molecule has 1 aliphatic rings. The summed E-state index contributed by atoms with van der Waals surface area (Å²) in [5.74, 6) is 2.28. The van der Waals surface area contributed by atoms with Crippen LogP contribution in [0.1, 0.15) is 45.6 Å². The van der Waals surface area contributed by atoms with Crippen molar-refractivity contribution in [2.24, 2.45) is 23.7 Å². The molecule has 0 spiro atoms. The monoisotopic (exact) mass is 365 g/mol. The Bertz CT molecular complexity index is 483. The minimum atomic E-state index is 0.202. The van der Waals surface area contributed by atoms with Crippen molar-refractivity contribution in [1.82, 2.24) is 5.32 Å². The van der Waals surface area contributed by atoms with Crippen molar-refractivity contribution in [2.75, 3.05) is 6.54 Å². The first kappa shape index (κ1) is 17.5. The standard InChI is InChI=1S/C19H28BrNO/c1-13(2)17-9-4-14(3)12-18(17)19(22)21-11-10-15-5-7-16(20)8-6-15/h5-8,13-14,17-18H,4,9-12H2,1-3H3,(H,21,22)/t14-,17+,18-/m1/s1. The molecule has 3 heteroatoms. The van der Waals surface area contributed by atoms with Crippen LogP contribution in [0, 0.1) is 23.7 Å². The third-order valence-electron chi connectivity index (χ3n) is 4.99. The SMILES string of the molecule is CC(C)[C@@H]1CC[C@@H](C)C[C@H]1C(=O)NCCc1ccc(Br)cc1. The number of nitrogens with one attached hydrogen (secondary N) is 1. The summed E-state index contributed by atoms with van der Waals surface area (Å²) in [5, 5.41) is 3.17. The molecule has 0 bridgehead atoms. The largest absolute Gasteiger partial charge is 0.356 e. The van der Waals surface area contributed by atoms with Crippen LogP contribution in [0.25, 0.3) is 0 Å². The molecule has 1 aliphatic carbocycles. The van der Waals surface area contributed by atoms with Gasteiger partial charge >= 0.3 is 0 Å². The molecular formula is C19H28BrNO. The highest BCUT2D eigenvalue weighted by atomic mass is 79.9. The molecule has 1 fully saturated rings. The second-order valence-electron chi connectivity index (χ2n) is 7.10. The van der Waals surface area contributed by atoms with Crippen molar-refractivity contribution >= 4 is 21.8 Å². The highest BCUT2D eigenvalue weighted by Gasteiger charge is 2.35. The summed E-state index contributed by atoms with van der Waals surface area (Å²) in [6.07, 6.45) is 4.41. The van der Waals surface area contributed by atoms with E-state index in [2.05, 4.69) is 66.3 Å². The van der Waals surface area contributed by atoms with Gasteiger partial charge in [-0.15, -0.1) is 0 Å². The van der Waals surface area contributed by atoms with Crippen LogP contribution in [0.15, 0.2) is 28.7 Å². The summed E-state index contributed by atoms with van der Waals surface area (Å²) in [6, 6.07) is 8.31. The van der Waals surface area contributed by atoms with Gasteiger partial charge in [0.25, 0.3) is 0 Å². The molecule has 3 atom stereocenters. The molecule has 22 heavy (non-hydrogen) atoms. The zero-order valence-corrected chi connectivity index (χ0v) is 15.5. The van der Waals surface area contributed by atoms with Crippen LogP contribution in [0.2, 0.25) is 0 Å². The highest BCUT2D eigenvalue weighted by molar-refractivity contribution is 9.10. The lowest BCUT2D eigenvalue weighted by Gasteiger charge is -2.36. The van der Waals surface area contributed by atoms with E-state index in [1.807, 2.05) is 0 Å². The quantitative estimate of drug-likeness (QED) is 0.796. The lowest BCUT2D eigenvalue weighted by molar-refractivity contribution is -0.129. The second kappa shape index (κ2) is 8.14. The molecule has 1 N–H and O–H groups in total. The number of rotatable bonds is 5. The summed E-state index contributed by atoms with van der Waals surface area (Å²) in [5.41, 5.74) is 1.26. The fourth-order valence-corrected chi connectivity index (χ4v) is 3.88. The van der Waals surface area contributed by atoms with Gasteiger partial charge < -0.3 is 5.32 Å². The predicted molar refractivity (Wildman–Crippen MR) is 95.7 cm³/mol. The van der Waals surface area contributed by atoms with Crippen molar-refractivity contribution < 1.29 is 4.79 Å². The summed E-state index contributed by atoms with van der Waals surface area (Å²) in [4.78, 5) is 12.6.